The number of ether oxygens (including phenoxy) is 1. The molecule has 4 aromatic rings. The van der Waals surface area contributed by atoms with Gasteiger partial charge in [0.2, 0.25) is 4.96 Å². The number of para-hydroxylation sites is 1. The first kappa shape index (κ1) is 17.0. The molecule has 0 N–H and O–H groups in total. The first-order valence-electron chi connectivity index (χ1n) is 7.96. The third kappa shape index (κ3) is 3.22. The summed E-state index contributed by atoms with van der Waals surface area (Å²) in [5.74, 6) is -0.289. The number of carbonyl (C=O) groups is 1. The number of nitrogens with zero attached hydrogens (tertiary/aromatic N) is 3. The van der Waals surface area contributed by atoms with Gasteiger partial charge in [-0.1, -0.05) is 41.7 Å². The van der Waals surface area contributed by atoms with Crippen molar-refractivity contribution in [2.45, 2.75) is 6.92 Å². The zero-order valence-electron chi connectivity index (χ0n) is 14.0. The molecule has 0 radical (unpaired) electrons. The maximum atomic E-state index is 13.8. The van der Waals surface area contributed by atoms with E-state index >= 15 is 0 Å². The molecule has 0 atom stereocenters. The molecule has 2 aromatic carbocycles. The highest BCUT2D eigenvalue weighted by atomic mass is 32.1. The zero-order chi connectivity index (χ0) is 19.0. The molecule has 0 unspecified atom stereocenters. The molecular formula is C19H12FN3O3S. The summed E-state index contributed by atoms with van der Waals surface area (Å²) in [6, 6.07) is 13.0. The average Bonchev–Trinajstić information content (AvgIpc) is 3.17. The minimum absolute atomic E-state index is 0.271. The summed E-state index contributed by atoms with van der Waals surface area (Å²) in [6.07, 6.45) is 1.48. The maximum Gasteiger partial charge on any atom is 0.308 e. The van der Waals surface area contributed by atoms with Crippen LogP contribution in [0.25, 0.3) is 22.4 Å². The number of hydrogen-bond acceptors (Lipinski definition) is 6. The van der Waals surface area contributed by atoms with Gasteiger partial charge in [0.25, 0.3) is 5.56 Å². The summed E-state index contributed by atoms with van der Waals surface area (Å²) >= 11 is 1.11. The van der Waals surface area contributed by atoms with E-state index in [1.165, 1.54) is 19.1 Å². The molecule has 4 rings (SSSR count). The van der Waals surface area contributed by atoms with E-state index in [9.17, 15) is 14.0 Å². The topological polar surface area (TPSA) is 73.6 Å². The van der Waals surface area contributed by atoms with Crippen LogP contribution in [0.2, 0.25) is 0 Å². The van der Waals surface area contributed by atoms with Crippen LogP contribution in [0.5, 0.6) is 5.75 Å². The molecule has 0 bridgehead atoms. The quantitative estimate of drug-likeness (QED) is 0.403. The van der Waals surface area contributed by atoms with E-state index in [1.54, 1.807) is 42.5 Å². The van der Waals surface area contributed by atoms with Crippen LogP contribution in [0.15, 0.2) is 53.3 Å². The largest absolute Gasteiger partial charge is 0.426 e. The Labute approximate surface area is 156 Å². The number of benzene rings is 2. The van der Waals surface area contributed by atoms with E-state index in [0.29, 0.717) is 26.4 Å². The van der Waals surface area contributed by atoms with Gasteiger partial charge in [0.05, 0.1) is 10.1 Å². The Kier molecular flexibility index (Phi) is 4.25. The van der Waals surface area contributed by atoms with E-state index in [1.807, 2.05) is 0 Å². The van der Waals surface area contributed by atoms with Gasteiger partial charge in [-0.15, -0.1) is 5.10 Å². The summed E-state index contributed by atoms with van der Waals surface area (Å²) < 4.78 is 20.5. The van der Waals surface area contributed by atoms with Crippen molar-refractivity contribution in [1.29, 1.82) is 0 Å². The molecule has 2 aromatic heterocycles. The molecule has 0 saturated carbocycles. The Hall–Kier alpha value is -3.39. The van der Waals surface area contributed by atoms with E-state index < -0.39 is 11.8 Å². The van der Waals surface area contributed by atoms with Gasteiger partial charge in [-0.3, -0.25) is 9.59 Å². The number of hydrogen-bond donors (Lipinski definition) is 0. The number of carbonyl (C=O) groups excluding carboxylic acids is 1. The van der Waals surface area contributed by atoms with Crippen molar-refractivity contribution < 1.29 is 13.9 Å². The molecule has 2 heterocycles. The van der Waals surface area contributed by atoms with Crippen LogP contribution in [-0.2, 0) is 4.79 Å². The number of thiazole rings is 1. The normalized spacial score (nSPS) is 11.9. The van der Waals surface area contributed by atoms with Crippen LogP contribution < -0.4 is 14.8 Å². The van der Waals surface area contributed by atoms with Gasteiger partial charge in [0, 0.05) is 12.5 Å². The number of aromatic nitrogens is 3. The summed E-state index contributed by atoms with van der Waals surface area (Å²) in [4.78, 5) is 28.6. The molecule has 134 valence electrons. The molecule has 0 spiro atoms. The molecule has 6 nitrogen and oxygen atoms in total. The summed E-state index contributed by atoms with van der Waals surface area (Å²) in [6.45, 7) is 1.30. The van der Waals surface area contributed by atoms with Crippen LogP contribution in [0.3, 0.4) is 0 Å². The highest BCUT2D eigenvalue weighted by Gasteiger charge is 2.16. The second-order valence-electron chi connectivity index (χ2n) is 5.66. The van der Waals surface area contributed by atoms with Crippen molar-refractivity contribution in [3.63, 3.8) is 0 Å². The molecule has 0 aliphatic heterocycles. The standard InChI is InChI=1S/C19H12FN3O3S/c1-11(24)26-15-9-5-3-7-13(15)17-21-19-23(22-17)18(25)16(27-19)10-12-6-2-4-8-14(12)20/h2-10H,1H3/b16-10+. The van der Waals surface area contributed by atoms with Crippen molar-refractivity contribution in [2.24, 2.45) is 0 Å². The van der Waals surface area contributed by atoms with Gasteiger partial charge < -0.3 is 4.74 Å². The van der Waals surface area contributed by atoms with Gasteiger partial charge in [0.15, 0.2) is 5.82 Å². The van der Waals surface area contributed by atoms with Crippen molar-refractivity contribution in [3.05, 3.63) is 74.8 Å². The molecule has 27 heavy (non-hydrogen) atoms. The lowest BCUT2D eigenvalue weighted by atomic mass is 10.2. The molecule has 0 aliphatic carbocycles. The second kappa shape index (κ2) is 6.73. The Morgan fingerprint density at radius 2 is 1.93 bits per heavy atom. The van der Waals surface area contributed by atoms with Crippen molar-refractivity contribution in [2.75, 3.05) is 0 Å². The lowest BCUT2D eigenvalue weighted by Gasteiger charge is -2.04. The van der Waals surface area contributed by atoms with E-state index in [4.69, 9.17) is 4.74 Å². The second-order valence-corrected chi connectivity index (χ2v) is 6.67. The lowest BCUT2D eigenvalue weighted by Crippen LogP contribution is -2.23. The highest BCUT2D eigenvalue weighted by Crippen LogP contribution is 2.27. The molecule has 0 fully saturated rings. The summed E-state index contributed by atoms with van der Waals surface area (Å²) in [5, 5.41) is 4.23. The van der Waals surface area contributed by atoms with Crippen molar-refractivity contribution in [1.82, 2.24) is 14.6 Å². The van der Waals surface area contributed by atoms with E-state index in [-0.39, 0.29) is 11.4 Å². The first-order valence-corrected chi connectivity index (χ1v) is 8.78. The van der Waals surface area contributed by atoms with Gasteiger partial charge >= 0.3 is 5.97 Å². The maximum absolute atomic E-state index is 13.8. The van der Waals surface area contributed by atoms with Gasteiger partial charge in [-0.2, -0.15) is 9.50 Å². The van der Waals surface area contributed by atoms with Crippen molar-refractivity contribution >= 4 is 28.3 Å². The third-order valence-electron chi connectivity index (χ3n) is 3.76. The van der Waals surface area contributed by atoms with Crippen molar-refractivity contribution in [3.8, 4) is 17.1 Å². The Morgan fingerprint density at radius 1 is 1.19 bits per heavy atom. The van der Waals surface area contributed by atoms with Gasteiger partial charge in [-0.05, 0) is 24.3 Å². The Bertz CT molecular complexity index is 1280. The van der Waals surface area contributed by atoms with Gasteiger partial charge in [0.1, 0.15) is 11.6 Å². The Balaban J connectivity index is 1.82. The van der Waals surface area contributed by atoms with Crippen LogP contribution in [0.1, 0.15) is 12.5 Å². The SMILES string of the molecule is CC(=O)Oc1ccccc1-c1nc2s/c(=C/c3ccccc3F)c(=O)n2n1. The Morgan fingerprint density at radius 3 is 2.67 bits per heavy atom. The van der Waals surface area contributed by atoms with Crippen LogP contribution in [0, 0.1) is 5.82 Å². The fourth-order valence-corrected chi connectivity index (χ4v) is 3.48. The highest BCUT2D eigenvalue weighted by molar-refractivity contribution is 7.15. The zero-order valence-corrected chi connectivity index (χ0v) is 14.9. The molecule has 8 heteroatoms. The summed E-state index contributed by atoms with van der Waals surface area (Å²) in [7, 11) is 0. The number of fused-ring (bicyclic) bond motifs is 1. The minimum Gasteiger partial charge on any atom is -0.426 e. The first-order chi connectivity index (χ1) is 13.0. The molecule has 0 saturated heterocycles. The third-order valence-corrected chi connectivity index (χ3v) is 4.71. The minimum atomic E-state index is -0.463. The van der Waals surface area contributed by atoms with E-state index in [2.05, 4.69) is 10.1 Å². The fourth-order valence-electron chi connectivity index (χ4n) is 2.58. The number of halogens is 1. The fraction of sp³-hybridized carbons (Fsp3) is 0.0526. The van der Waals surface area contributed by atoms with Crippen LogP contribution in [0.4, 0.5) is 4.39 Å². The number of rotatable bonds is 3. The monoisotopic (exact) mass is 381 g/mol. The molecular weight excluding hydrogens is 369 g/mol. The summed E-state index contributed by atoms with van der Waals surface area (Å²) in [5.41, 5.74) is 0.434. The predicted octanol–water partition coefficient (Wildman–Crippen LogP) is 2.43. The smallest absolute Gasteiger partial charge is 0.308 e. The lowest BCUT2D eigenvalue weighted by molar-refractivity contribution is -0.131. The average molecular weight is 381 g/mol. The van der Waals surface area contributed by atoms with Crippen LogP contribution in [-0.4, -0.2) is 20.6 Å². The molecule has 0 aliphatic rings. The van der Waals surface area contributed by atoms with E-state index in [0.717, 1.165) is 15.9 Å². The number of esters is 1. The van der Waals surface area contributed by atoms with Crippen LogP contribution >= 0.6 is 11.3 Å². The predicted molar refractivity (Wildman–Crippen MR) is 99.1 cm³/mol. The molecule has 0 amide bonds. The van der Waals surface area contributed by atoms with Gasteiger partial charge in [-0.25, -0.2) is 4.39 Å².